The molecule has 14 aromatic carbocycles. The quantitative estimate of drug-likeness (QED) is 0.142. The number of benzene rings is 14. The van der Waals surface area contributed by atoms with E-state index in [-0.39, 0.29) is 0 Å². The minimum absolute atomic E-state index is 0.837. The summed E-state index contributed by atoms with van der Waals surface area (Å²) in [6.07, 6.45) is 3.89. The second-order valence-corrected chi connectivity index (χ2v) is 23.2. The number of nitrogens with zero attached hydrogens (tertiary/aromatic N) is 4. The summed E-state index contributed by atoms with van der Waals surface area (Å²) >= 11 is 1.84. The lowest BCUT2D eigenvalue weighted by molar-refractivity contribution is 1.31. The number of rotatable bonds is 8. The van der Waals surface area contributed by atoms with E-state index in [2.05, 4.69) is 279 Å². The maximum absolute atomic E-state index is 5.48. The fourth-order valence-corrected chi connectivity index (χ4v) is 13.9. The van der Waals surface area contributed by atoms with Gasteiger partial charge in [0.15, 0.2) is 0 Å². The first-order valence-electron chi connectivity index (χ1n) is 28.8. The van der Waals surface area contributed by atoms with Gasteiger partial charge in [-0.25, -0.2) is 9.97 Å². The fraction of sp³-hybridized carbons (Fsp3) is 0. The number of hydrogen-bond acceptors (Lipinski definition) is 5. The van der Waals surface area contributed by atoms with E-state index in [9.17, 15) is 0 Å². The van der Waals surface area contributed by atoms with Crippen LogP contribution in [0.2, 0.25) is 0 Å². The molecule has 3 heterocycles. The van der Waals surface area contributed by atoms with Crippen LogP contribution in [0.3, 0.4) is 0 Å². The second kappa shape index (κ2) is 19.9. The van der Waals surface area contributed by atoms with E-state index in [1.165, 1.54) is 64.7 Å². The summed E-state index contributed by atoms with van der Waals surface area (Å²) in [4.78, 5) is 21.4. The minimum Gasteiger partial charge on any atom is -0.252 e. The normalized spacial score (nSPS) is 11.8. The Hall–Kier alpha value is -11.0. The van der Waals surface area contributed by atoms with Gasteiger partial charge in [0, 0.05) is 52.8 Å². The molecule has 17 aromatic rings. The molecule has 0 atom stereocenters. The molecular weight excluding hydrogens is 1050 g/mol. The summed E-state index contributed by atoms with van der Waals surface area (Å²) in [6.45, 7) is 0. The number of fused-ring (bicyclic) bond motifs is 15. The first-order chi connectivity index (χ1) is 42.1. The van der Waals surface area contributed by atoms with Crippen LogP contribution in [0.4, 0.5) is 0 Å². The van der Waals surface area contributed by atoms with Crippen LogP contribution < -0.4 is 0 Å². The largest absolute Gasteiger partial charge is 0.252 e. The molecule has 0 aliphatic carbocycles. The molecule has 3 aromatic heterocycles. The van der Waals surface area contributed by atoms with Crippen LogP contribution in [0, 0.1) is 0 Å². The smallest absolute Gasteiger partial charge is 0.0979 e. The third-order valence-electron chi connectivity index (χ3n) is 17.1. The Labute approximate surface area is 494 Å². The van der Waals surface area contributed by atoms with E-state index in [1.54, 1.807) is 0 Å². The Morgan fingerprint density at radius 1 is 0.188 bits per heavy atom. The van der Waals surface area contributed by atoms with Crippen LogP contribution in [-0.2, 0) is 0 Å². The molecule has 0 N–H and O–H groups in total. The van der Waals surface area contributed by atoms with Crippen LogP contribution in [0.25, 0.3) is 175 Å². The molecule has 0 unspecified atom stereocenters. The van der Waals surface area contributed by atoms with Gasteiger partial charge in [-0.2, -0.15) is 0 Å². The number of hydrogen-bond donors (Lipinski definition) is 0. The molecule has 17 rings (SSSR count). The number of aromatic nitrogens is 4. The van der Waals surface area contributed by atoms with E-state index in [0.717, 1.165) is 110 Å². The summed E-state index contributed by atoms with van der Waals surface area (Å²) in [7, 11) is 0. The lowest BCUT2D eigenvalue weighted by atomic mass is 9.93. The summed E-state index contributed by atoms with van der Waals surface area (Å²) in [5.41, 5.74) is 21.3. The first kappa shape index (κ1) is 48.7. The zero-order valence-corrected chi connectivity index (χ0v) is 46.7. The number of thiophene rings is 1. The van der Waals surface area contributed by atoms with Crippen molar-refractivity contribution in [2.75, 3.05) is 0 Å². The third kappa shape index (κ3) is 8.43. The van der Waals surface area contributed by atoms with E-state index >= 15 is 0 Å². The second-order valence-electron chi connectivity index (χ2n) is 22.1. The van der Waals surface area contributed by atoms with Gasteiger partial charge in [-0.3, -0.25) is 9.97 Å². The molecular formula is C80H48N4S. The molecule has 5 heteroatoms. The summed E-state index contributed by atoms with van der Waals surface area (Å²) in [6, 6.07) is 101. The maximum Gasteiger partial charge on any atom is 0.0979 e. The molecule has 0 spiro atoms. The molecule has 0 radical (unpaired) electrons. The maximum atomic E-state index is 5.48. The van der Waals surface area contributed by atoms with E-state index in [1.807, 2.05) is 23.7 Å². The van der Waals surface area contributed by atoms with Gasteiger partial charge in [-0.05, 0) is 149 Å². The summed E-state index contributed by atoms with van der Waals surface area (Å²) in [5, 5.41) is 11.5. The molecule has 0 aliphatic rings. The molecule has 0 aliphatic heterocycles. The standard InChI is InChI=1S/C80H48N4S/c1-5-15-49(16-6-1)55-27-33-63-67(41-55)69-43-57(51-19-9-3-10-20-51)29-35-65(69)79-77(63)81-47-73(83-79)61-25-13-23-53(39-61)59-31-37-75-71(45-59)72-46-60(32-38-76(72)85-75)54-24-14-26-62(40-54)74-48-82-78-64-34-28-56(50-17-7-2-8-18-50)42-68(64)70-44-58(52-21-11-4-12-22-52)30-36-66(70)80(78)84-74/h1-48H. The van der Waals surface area contributed by atoms with Crippen molar-refractivity contribution < 1.29 is 0 Å². The van der Waals surface area contributed by atoms with Gasteiger partial charge >= 0.3 is 0 Å². The summed E-state index contributed by atoms with van der Waals surface area (Å²) in [5.74, 6) is 0. The fourth-order valence-electron chi connectivity index (χ4n) is 12.8. The van der Waals surface area contributed by atoms with Crippen LogP contribution in [0.15, 0.2) is 291 Å². The molecule has 85 heavy (non-hydrogen) atoms. The minimum atomic E-state index is 0.837. The Morgan fingerprint density at radius 2 is 0.459 bits per heavy atom. The van der Waals surface area contributed by atoms with Gasteiger partial charge < -0.3 is 0 Å². The third-order valence-corrected chi connectivity index (χ3v) is 18.3. The molecule has 0 fully saturated rings. The topological polar surface area (TPSA) is 51.6 Å². The SMILES string of the molecule is c1ccc(-c2ccc3c(c2)c2cc(-c4ccccc4)ccc2c2nc(-c4cccc(-c5ccc6sc7ccc(-c8cccc(-c9cnc%10c%11ccc(-c%12ccccc%12)cc%11c%11cc(-c%12ccccc%12)ccc%11c%10n9)c8)cc7c6c5)c4)cnc32)cc1. The molecule has 4 nitrogen and oxygen atoms in total. The van der Waals surface area contributed by atoms with Crippen molar-refractivity contribution in [1.82, 2.24) is 19.9 Å². The summed E-state index contributed by atoms with van der Waals surface area (Å²) < 4.78 is 2.51. The molecule has 0 bridgehead atoms. The molecule has 0 amide bonds. The van der Waals surface area contributed by atoms with Crippen molar-refractivity contribution in [2.45, 2.75) is 0 Å². The van der Waals surface area contributed by atoms with Crippen molar-refractivity contribution in [2.24, 2.45) is 0 Å². The van der Waals surface area contributed by atoms with Gasteiger partial charge in [0.2, 0.25) is 0 Å². The van der Waals surface area contributed by atoms with E-state index < -0.39 is 0 Å². The molecule has 0 saturated carbocycles. The van der Waals surface area contributed by atoms with Crippen molar-refractivity contribution in [3.8, 4) is 89.3 Å². The zero-order valence-electron chi connectivity index (χ0n) is 45.9. The van der Waals surface area contributed by atoms with Crippen molar-refractivity contribution in [1.29, 1.82) is 0 Å². The van der Waals surface area contributed by atoms with Crippen LogP contribution in [0.5, 0.6) is 0 Å². The van der Waals surface area contributed by atoms with Gasteiger partial charge in [0.25, 0.3) is 0 Å². The Bertz CT molecular complexity index is 5180. The van der Waals surface area contributed by atoms with Gasteiger partial charge in [0.1, 0.15) is 0 Å². The van der Waals surface area contributed by atoms with Crippen LogP contribution in [-0.4, -0.2) is 19.9 Å². The highest BCUT2D eigenvalue weighted by atomic mass is 32.1. The highest BCUT2D eigenvalue weighted by Crippen LogP contribution is 2.43. The lowest BCUT2D eigenvalue weighted by Crippen LogP contribution is -1.93. The molecule has 0 saturated heterocycles. The van der Waals surface area contributed by atoms with Crippen molar-refractivity contribution in [3.05, 3.63) is 291 Å². The van der Waals surface area contributed by atoms with E-state index in [0.29, 0.717) is 0 Å². The Morgan fingerprint density at radius 3 is 0.812 bits per heavy atom. The molecule has 394 valence electrons. The van der Waals surface area contributed by atoms with E-state index in [4.69, 9.17) is 19.9 Å². The highest BCUT2D eigenvalue weighted by Gasteiger charge is 2.19. The van der Waals surface area contributed by atoms with Crippen LogP contribution >= 0.6 is 11.3 Å². The Kier molecular flexibility index (Phi) is 11.4. The lowest BCUT2D eigenvalue weighted by Gasteiger charge is -2.14. The predicted molar refractivity (Wildman–Crippen MR) is 359 cm³/mol. The van der Waals surface area contributed by atoms with Crippen LogP contribution in [0.1, 0.15) is 0 Å². The average molecular weight is 1100 g/mol. The predicted octanol–water partition coefficient (Wildman–Crippen LogP) is 21.9. The van der Waals surface area contributed by atoms with Gasteiger partial charge in [0.05, 0.1) is 45.8 Å². The Balaban J connectivity index is 0.725. The van der Waals surface area contributed by atoms with Crippen molar-refractivity contribution >= 4 is 96.7 Å². The average Bonchev–Trinajstić information content (AvgIpc) is 3.05. The van der Waals surface area contributed by atoms with Gasteiger partial charge in [-0.1, -0.05) is 218 Å². The van der Waals surface area contributed by atoms with Crippen molar-refractivity contribution in [3.63, 3.8) is 0 Å². The highest BCUT2D eigenvalue weighted by molar-refractivity contribution is 7.25. The van der Waals surface area contributed by atoms with Gasteiger partial charge in [-0.15, -0.1) is 11.3 Å². The monoisotopic (exact) mass is 1100 g/mol. The zero-order chi connectivity index (χ0) is 56.0. The first-order valence-corrected chi connectivity index (χ1v) is 29.6.